The van der Waals surface area contributed by atoms with E-state index in [1.807, 2.05) is 0 Å². The summed E-state index contributed by atoms with van der Waals surface area (Å²) in [6.45, 7) is 1.72. The van der Waals surface area contributed by atoms with Gasteiger partial charge in [-0.05, 0) is 13.0 Å². The highest BCUT2D eigenvalue weighted by atomic mass is 16.5. The van der Waals surface area contributed by atoms with Gasteiger partial charge >= 0.3 is 5.97 Å². The van der Waals surface area contributed by atoms with Crippen molar-refractivity contribution in [2.75, 3.05) is 0 Å². The number of ether oxygens (including phenoxy) is 1. The molecule has 0 bridgehead atoms. The Morgan fingerprint density at radius 3 is 2.88 bits per heavy atom. The molecule has 1 rings (SSSR count). The van der Waals surface area contributed by atoms with Crippen molar-refractivity contribution in [3.05, 3.63) is 34.2 Å². The van der Waals surface area contributed by atoms with Crippen LogP contribution in [0, 0.1) is 12.3 Å². The minimum Gasteiger partial charge on any atom is -0.458 e. The van der Waals surface area contributed by atoms with Crippen molar-refractivity contribution in [1.82, 2.24) is 4.57 Å². The first-order valence-corrected chi connectivity index (χ1v) is 4.85. The monoisotopic (exact) mass is 219 g/mol. The van der Waals surface area contributed by atoms with E-state index in [0.29, 0.717) is 12.0 Å². The first kappa shape index (κ1) is 12.1. The van der Waals surface area contributed by atoms with E-state index in [1.165, 1.54) is 22.9 Å². The quantitative estimate of drug-likeness (QED) is 0.562. The predicted octanol–water partition coefficient (Wildman–Crippen LogP) is 0.954. The number of pyridine rings is 1. The van der Waals surface area contributed by atoms with Gasteiger partial charge in [-0.3, -0.25) is 4.79 Å². The first-order chi connectivity index (χ1) is 7.54. The van der Waals surface area contributed by atoms with Gasteiger partial charge in [0.15, 0.2) is 0 Å². The number of rotatable bonds is 3. The van der Waals surface area contributed by atoms with E-state index in [0.717, 1.165) is 0 Å². The van der Waals surface area contributed by atoms with Gasteiger partial charge in [0, 0.05) is 25.7 Å². The number of carbonyl (C=O) groups is 1. The van der Waals surface area contributed by atoms with E-state index in [-0.39, 0.29) is 11.7 Å². The van der Waals surface area contributed by atoms with Gasteiger partial charge in [-0.1, -0.05) is 0 Å². The molecule has 0 fully saturated rings. The van der Waals surface area contributed by atoms with Crippen molar-refractivity contribution >= 4 is 5.97 Å². The van der Waals surface area contributed by atoms with Crippen molar-refractivity contribution in [2.45, 2.75) is 19.4 Å². The van der Waals surface area contributed by atoms with Gasteiger partial charge in [0.25, 0.3) is 0 Å². The summed E-state index contributed by atoms with van der Waals surface area (Å²) in [4.78, 5) is 22.7. The maximum Gasteiger partial charge on any atom is 0.339 e. The molecule has 0 amide bonds. The fourth-order valence-corrected chi connectivity index (χ4v) is 1.17. The molecule has 0 aromatic carbocycles. The maximum absolute atomic E-state index is 11.6. The molecular weight excluding hydrogens is 206 g/mol. The molecule has 1 unspecified atom stereocenters. The Labute approximate surface area is 93.9 Å². The van der Waals surface area contributed by atoms with E-state index in [9.17, 15) is 9.59 Å². The van der Waals surface area contributed by atoms with Crippen LogP contribution >= 0.6 is 0 Å². The van der Waals surface area contributed by atoms with Crippen LogP contribution in [0.15, 0.2) is 23.1 Å². The van der Waals surface area contributed by atoms with Crippen LogP contribution in [0.2, 0.25) is 0 Å². The summed E-state index contributed by atoms with van der Waals surface area (Å²) in [5, 5.41) is 0. The summed E-state index contributed by atoms with van der Waals surface area (Å²) in [6.07, 6.45) is 6.59. The molecule has 0 saturated heterocycles. The molecule has 0 spiro atoms. The minimum absolute atomic E-state index is 0.173. The van der Waals surface area contributed by atoms with Crippen molar-refractivity contribution in [2.24, 2.45) is 7.05 Å². The van der Waals surface area contributed by atoms with Crippen LogP contribution in [-0.4, -0.2) is 16.6 Å². The summed E-state index contributed by atoms with van der Waals surface area (Å²) < 4.78 is 6.40. The maximum atomic E-state index is 11.6. The second-order valence-corrected chi connectivity index (χ2v) is 3.49. The molecule has 0 N–H and O–H groups in total. The molecule has 0 saturated carbocycles. The molecule has 0 aliphatic rings. The van der Waals surface area contributed by atoms with E-state index in [4.69, 9.17) is 11.2 Å². The SMILES string of the molecule is C#CCC(C)OC(=O)c1ccc(=O)n(C)c1. The second-order valence-electron chi connectivity index (χ2n) is 3.49. The Morgan fingerprint density at radius 1 is 1.62 bits per heavy atom. The van der Waals surface area contributed by atoms with Gasteiger partial charge in [-0.15, -0.1) is 12.3 Å². The highest BCUT2D eigenvalue weighted by molar-refractivity contribution is 5.89. The largest absolute Gasteiger partial charge is 0.458 e. The normalized spacial score (nSPS) is 11.6. The highest BCUT2D eigenvalue weighted by Gasteiger charge is 2.11. The Bertz CT molecular complexity index is 482. The topological polar surface area (TPSA) is 48.3 Å². The molecule has 1 heterocycles. The lowest BCUT2D eigenvalue weighted by Gasteiger charge is -2.10. The Balaban J connectivity index is 2.78. The molecule has 4 nitrogen and oxygen atoms in total. The zero-order valence-corrected chi connectivity index (χ0v) is 9.27. The minimum atomic E-state index is -0.474. The molecule has 16 heavy (non-hydrogen) atoms. The lowest BCUT2D eigenvalue weighted by molar-refractivity contribution is 0.0351. The third-order valence-corrected chi connectivity index (χ3v) is 2.04. The van der Waals surface area contributed by atoms with E-state index < -0.39 is 5.97 Å². The molecule has 0 aliphatic carbocycles. The van der Waals surface area contributed by atoms with Gasteiger partial charge in [0.2, 0.25) is 5.56 Å². The molecule has 1 aromatic rings. The van der Waals surface area contributed by atoms with Crippen molar-refractivity contribution in [3.63, 3.8) is 0 Å². The van der Waals surface area contributed by atoms with Crippen LogP contribution in [0.25, 0.3) is 0 Å². The van der Waals surface area contributed by atoms with E-state index >= 15 is 0 Å². The number of nitrogens with zero attached hydrogens (tertiary/aromatic N) is 1. The third-order valence-electron chi connectivity index (χ3n) is 2.04. The Kier molecular flexibility index (Phi) is 3.90. The van der Waals surface area contributed by atoms with Gasteiger partial charge < -0.3 is 9.30 Å². The van der Waals surface area contributed by atoms with Crippen LogP contribution in [-0.2, 0) is 11.8 Å². The smallest absolute Gasteiger partial charge is 0.339 e. The molecule has 0 radical (unpaired) electrons. The van der Waals surface area contributed by atoms with Gasteiger partial charge in [0.1, 0.15) is 6.10 Å². The van der Waals surface area contributed by atoms with Crippen molar-refractivity contribution in [3.8, 4) is 12.3 Å². The summed E-state index contributed by atoms with van der Waals surface area (Å²) in [7, 11) is 1.57. The van der Waals surface area contributed by atoms with Gasteiger partial charge in [0.05, 0.1) is 5.56 Å². The number of hydrogen-bond donors (Lipinski definition) is 0. The van der Waals surface area contributed by atoms with Gasteiger partial charge in [-0.2, -0.15) is 0 Å². The van der Waals surface area contributed by atoms with E-state index in [2.05, 4.69) is 5.92 Å². The standard InChI is InChI=1S/C12H13NO3/c1-4-5-9(2)16-12(15)10-6-7-11(14)13(3)8-10/h1,6-9H,5H2,2-3H3. The average molecular weight is 219 g/mol. The zero-order valence-electron chi connectivity index (χ0n) is 9.27. The molecule has 84 valence electrons. The van der Waals surface area contributed by atoms with Gasteiger partial charge in [-0.25, -0.2) is 4.79 Å². The summed E-state index contributed by atoms with van der Waals surface area (Å²) >= 11 is 0. The fraction of sp³-hybridized carbons (Fsp3) is 0.333. The van der Waals surface area contributed by atoms with Crippen LogP contribution in [0.4, 0.5) is 0 Å². The van der Waals surface area contributed by atoms with Crippen LogP contribution < -0.4 is 5.56 Å². The number of aromatic nitrogens is 1. The summed E-state index contributed by atoms with van der Waals surface area (Å²) in [5.41, 5.74) is 0.166. The number of terminal acetylenes is 1. The summed E-state index contributed by atoms with van der Waals surface area (Å²) in [6, 6.07) is 2.76. The van der Waals surface area contributed by atoms with Crippen LogP contribution in [0.3, 0.4) is 0 Å². The lowest BCUT2D eigenvalue weighted by atomic mass is 10.2. The number of hydrogen-bond acceptors (Lipinski definition) is 3. The molecular formula is C12H13NO3. The Hall–Kier alpha value is -2.02. The lowest BCUT2D eigenvalue weighted by Crippen LogP contribution is -2.19. The number of aryl methyl sites for hydroxylation is 1. The van der Waals surface area contributed by atoms with Crippen molar-refractivity contribution in [1.29, 1.82) is 0 Å². The highest BCUT2D eigenvalue weighted by Crippen LogP contribution is 2.03. The third kappa shape index (κ3) is 2.99. The predicted molar refractivity (Wildman–Crippen MR) is 60.0 cm³/mol. The zero-order chi connectivity index (χ0) is 12.1. The van der Waals surface area contributed by atoms with Crippen LogP contribution in [0.1, 0.15) is 23.7 Å². The number of esters is 1. The van der Waals surface area contributed by atoms with E-state index in [1.54, 1.807) is 14.0 Å². The van der Waals surface area contributed by atoms with Crippen LogP contribution in [0.5, 0.6) is 0 Å². The molecule has 4 heteroatoms. The van der Waals surface area contributed by atoms with Crippen molar-refractivity contribution < 1.29 is 9.53 Å². The number of carbonyl (C=O) groups excluding carboxylic acids is 1. The first-order valence-electron chi connectivity index (χ1n) is 4.85. The molecule has 1 atom stereocenters. The fourth-order valence-electron chi connectivity index (χ4n) is 1.17. The molecule has 0 aliphatic heterocycles. The molecule has 1 aromatic heterocycles. The second kappa shape index (κ2) is 5.17. The average Bonchev–Trinajstić information content (AvgIpc) is 2.22. The summed E-state index contributed by atoms with van der Waals surface area (Å²) in [5.74, 6) is 1.94. The Morgan fingerprint density at radius 2 is 2.31 bits per heavy atom.